The van der Waals surface area contributed by atoms with Crippen molar-refractivity contribution in [2.75, 3.05) is 5.32 Å². The number of aromatic amines is 1. The van der Waals surface area contributed by atoms with Gasteiger partial charge in [0.2, 0.25) is 0 Å². The Morgan fingerprint density at radius 3 is 2.71 bits per heavy atom. The molecule has 3 nitrogen and oxygen atoms in total. The van der Waals surface area contributed by atoms with Crippen molar-refractivity contribution < 1.29 is 4.39 Å². The van der Waals surface area contributed by atoms with Gasteiger partial charge in [-0.05, 0) is 61.6 Å². The fourth-order valence-corrected chi connectivity index (χ4v) is 3.12. The molecular weight excluding hydrogens is 265 g/mol. The Hall–Kier alpha value is -2.36. The molecule has 3 aromatic rings. The van der Waals surface area contributed by atoms with Crippen LogP contribution in [0.1, 0.15) is 24.1 Å². The fraction of sp³-hybridized carbons (Fsp3) is 0.235. The highest BCUT2D eigenvalue weighted by atomic mass is 19.1. The van der Waals surface area contributed by atoms with Gasteiger partial charge in [0.1, 0.15) is 11.5 Å². The van der Waals surface area contributed by atoms with Crippen molar-refractivity contribution in [2.45, 2.75) is 25.7 Å². The van der Waals surface area contributed by atoms with Crippen molar-refractivity contribution >= 4 is 22.4 Å². The Morgan fingerprint density at radius 1 is 1.05 bits per heavy atom. The number of hydrogen-bond donors (Lipinski definition) is 2. The average molecular weight is 281 g/mol. The first-order chi connectivity index (χ1) is 10.3. The van der Waals surface area contributed by atoms with E-state index < -0.39 is 0 Å². The maximum Gasteiger partial charge on any atom is 0.139 e. The molecule has 21 heavy (non-hydrogen) atoms. The van der Waals surface area contributed by atoms with E-state index in [4.69, 9.17) is 0 Å². The molecule has 0 unspecified atom stereocenters. The van der Waals surface area contributed by atoms with Crippen LogP contribution in [0, 0.1) is 5.82 Å². The Bertz CT molecular complexity index is 790. The van der Waals surface area contributed by atoms with E-state index in [0.717, 1.165) is 29.9 Å². The molecule has 0 aliphatic heterocycles. The van der Waals surface area contributed by atoms with Gasteiger partial charge in [0, 0.05) is 23.0 Å². The number of aryl methyl sites for hydroxylation is 2. The molecule has 106 valence electrons. The number of hydrogen-bond acceptors (Lipinski definition) is 2. The first-order valence-electron chi connectivity index (χ1n) is 7.32. The molecular formula is C17H16FN3. The van der Waals surface area contributed by atoms with E-state index in [1.165, 1.54) is 41.6 Å². The van der Waals surface area contributed by atoms with Crippen LogP contribution in [0.2, 0.25) is 0 Å². The van der Waals surface area contributed by atoms with Crippen molar-refractivity contribution in [3.8, 4) is 0 Å². The Morgan fingerprint density at radius 2 is 1.86 bits per heavy atom. The minimum absolute atomic E-state index is 0.223. The third kappa shape index (κ3) is 2.17. The summed E-state index contributed by atoms with van der Waals surface area (Å²) >= 11 is 0. The summed E-state index contributed by atoms with van der Waals surface area (Å²) in [5, 5.41) is 4.56. The molecule has 0 radical (unpaired) electrons. The molecule has 1 aromatic carbocycles. The molecule has 2 aromatic heterocycles. The van der Waals surface area contributed by atoms with E-state index in [1.807, 2.05) is 6.07 Å². The molecule has 2 N–H and O–H groups in total. The van der Waals surface area contributed by atoms with Gasteiger partial charge >= 0.3 is 0 Å². The van der Waals surface area contributed by atoms with Gasteiger partial charge in [-0.2, -0.15) is 0 Å². The van der Waals surface area contributed by atoms with Crippen LogP contribution in [0.3, 0.4) is 0 Å². The zero-order valence-corrected chi connectivity index (χ0v) is 11.6. The first-order valence-corrected chi connectivity index (χ1v) is 7.32. The Balaban J connectivity index is 1.81. The number of anilines is 2. The third-order valence-corrected chi connectivity index (χ3v) is 4.11. The number of nitrogens with zero attached hydrogens (tertiary/aromatic N) is 1. The van der Waals surface area contributed by atoms with Gasteiger partial charge in [-0.3, -0.25) is 0 Å². The summed E-state index contributed by atoms with van der Waals surface area (Å²) in [6.45, 7) is 0. The van der Waals surface area contributed by atoms with Crippen LogP contribution in [0.4, 0.5) is 15.8 Å². The predicted molar refractivity (Wildman–Crippen MR) is 82.4 cm³/mol. The van der Waals surface area contributed by atoms with Gasteiger partial charge in [-0.15, -0.1) is 0 Å². The van der Waals surface area contributed by atoms with E-state index in [-0.39, 0.29) is 5.82 Å². The molecule has 0 amide bonds. The Kier molecular flexibility index (Phi) is 2.88. The molecule has 1 aliphatic rings. The summed E-state index contributed by atoms with van der Waals surface area (Å²) in [5.41, 5.74) is 5.56. The lowest BCUT2D eigenvalue weighted by Crippen LogP contribution is -2.01. The lowest BCUT2D eigenvalue weighted by molar-refractivity contribution is 0.628. The number of aromatic nitrogens is 2. The molecule has 4 rings (SSSR count). The average Bonchev–Trinajstić information content (AvgIpc) is 2.89. The second-order valence-electron chi connectivity index (χ2n) is 5.50. The van der Waals surface area contributed by atoms with Gasteiger partial charge in [0.05, 0.1) is 5.69 Å². The van der Waals surface area contributed by atoms with Crippen LogP contribution >= 0.6 is 0 Å². The molecule has 0 spiro atoms. The first kappa shape index (κ1) is 12.4. The normalized spacial score (nSPS) is 14.1. The number of H-pyrrole nitrogens is 1. The highest BCUT2D eigenvalue weighted by Crippen LogP contribution is 2.34. The predicted octanol–water partition coefficient (Wildman–Crippen LogP) is 4.32. The lowest BCUT2D eigenvalue weighted by Gasteiger charge is -2.13. The molecule has 2 heterocycles. The maximum atomic E-state index is 13.0. The number of halogens is 1. The summed E-state index contributed by atoms with van der Waals surface area (Å²) in [4.78, 5) is 7.89. The zero-order valence-electron chi connectivity index (χ0n) is 11.6. The van der Waals surface area contributed by atoms with Gasteiger partial charge in [-0.25, -0.2) is 9.37 Å². The maximum absolute atomic E-state index is 13.0. The van der Waals surface area contributed by atoms with Crippen molar-refractivity contribution in [2.24, 2.45) is 0 Å². The van der Waals surface area contributed by atoms with Gasteiger partial charge in [0.15, 0.2) is 0 Å². The van der Waals surface area contributed by atoms with Gasteiger partial charge < -0.3 is 10.3 Å². The standard InChI is InChI=1S/C17H16FN3/c18-11-5-7-12(8-6-11)20-15-9-10-19-17-16(15)13-3-1-2-4-14(13)21-17/h5-10H,1-4H2,(H2,19,20,21). The Labute approximate surface area is 122 Å². The largest absolute Gasteiger partial charge is 0.355 e. The summed E-state index contributed by atoms with van der Waals surface area (Å²) in [5.74, 6) is -0.223. The number of nitrogens with one attached hydrogen (secondary N) is 2. The lowest BCUT2D eigenvalue weighted by atomic mass is 9.95. The van der Waals surface area contributed by atoms with E-state index in [0.29, 0.717) is 0 Å². The van der Waals surface area contributed by atoms with Crippen molar-refractivity contribution in [3.05, 3.63) is 53.6 Å². The molecule has 0 fully saturated rings. The van der Waals surface area contributed by atoms with E-state index >= 15 is 0 Å². The van der Waals surface area contributed by atoms with Crippen LogP contribution < -0.4 is 5.32 Å². The number of rotatable bonds is 2. The zero-order chi connectivity index (χ0) is 14.2. The van der Waals surface area contributed by atoms with Crippen molar-refractivity contribution in [1.82, 2.24) is 9.97 Å². The molecule has 0 bridgehead atoms. The minimum atomic E-state index is -0.223. The van der Waals surface area contributed by atoms with Gasteiger partial charge in [0.25, 0.3) is 0 Å². The van der Waals surface area contributed by atoms with E-state index in [1.54, 1.807) is 18.3 Å². The number of pyridine rings is 1. The smallest absolute Gasteiger partial charge is 0.139 e. The summed E-state index contributed by atoms with van der Waals surface area (Å²) in [6.07, 6.45) is 6.46. The second-order valence-corrected chi connectivity index (χ2v) is 5.50. The number of benzene rings is 1. The van der Waals surface area contributed by atoms with Crippen LogP contribution in [0.5, 0.6) is 0 Å². The van der Waals surface area contributed by atoms with Crippen LogP contribution in [0.25, 0.3) is 11.0 Å². The van der Waals surface area contributed by atoms with Gasteiger partial charge in [-0.1, -0.05) is 0 Å². The molecule has 0 saturated heterocycles. The van der Waals surface area contributed by atoms with Crippen molar-refractivity contribution in [1.29, 1.82) is 0 Å². The van der Waals surface area contributed by atoms with E-state index in [9.17, 15) is 4.39 Å². The van der Waals surface area contributed by atoms with Crippen LogP contribution in [-0.2, 0) is 12.8 Å². The number of fused-ring (bicyclic) bond motifs is 3. The summed E-state index contributed by atoms with van der Waals surface area (Å²) in [7, 11) is 0. The summed E-state index contributed by atoms with van der Waals surface area (Å²) < 4.78 is 13.0. The quantitative estimate of drug-likeness (QED) is 0.734. The van der Waals surface area contributed by atoms with Crippen LogP contribution in [-0.4, -0.2) is 9.97 Å². The molecule has 1 aliphatic carbocycles. The summed E-state index contributed by atoms with van der Waals surface area (Å²) in [6, 6.07) is 8.41. The SMILES string of the molecule is Fc1ccc(Nc2ccnc3[nH]c4c(c23)CCCC4)cc1. The molecule has 0 saturated carbocycles. The topological polar surface area (TPSA) is 40.7 Å². The minimum Gasteiger partial charge on any atom is -0.355 e. The van der Waals surface area contributed by atoms with E-state index in [2.05, 4.69) is 15.3 Å². The third-order valence-electron chi connectivity index (χ3n) is 4.11. The second kappa shape index (κ2) is 4.88. The monoisotopic (exact) mass is 281 g/mol. The molecule has 0 atom stereocenters. The highest BCUT2D eigenvalue weighted by molar-refractivity contribution is 5.95. The van der Waals surface area contributed by atoms with Crippen LogP contribution in [0.15, 0.2) is 36.5 Å². The van der Waals surface area contributed by atoms with Crippen molar-refractivity contribution in [3.63, 3.8) is 0 Å². The fourth-order valence-electron chi connectivity index (χ4n) is 3.12. The molecule has 4 heteroatoms. The highest BCUT2D eigenvalue weighted by Gasteiger charge is 2.18.